The molecule has 0 aromatic heterocycles. The van der Waals surface area contributed by atoms with Crippen LogP contribution in [0.2, 0.25) is 0 Å². The van der Waals surface area contributed by atoms with Crippen molar-refractivity contribution in [2.45, 2.75) is 19.3 Å². The molecule has 0 radical (unpaired) electrons. The smallest absolute Gasteiger partial charge is 0.337 e. The molecule has 1 fully saturated rings. The molecule has 1 aliphatic heterocycles. The van der Waals surface area contributed by atoms with Crippen LogP contribution >= 0.6 is 0 Å². The van der Waals surface area contributed by atoms with Crippen molar-refractivity contribution in [2.24, 2.45) is 0 Å². The van der Waals surface area contributed by atoms with Crippen LogP contribution in [0.25, 0.3) is 0 Å². The quantitative estimate of drug-likeness (QED) is 0.532. The van der Waals surface area contributed by atoms with E-state index in [4.69, 9.17) is 4.74 Å². The Labute approximate surface area is 183 Å². The van der Waals surface area contributed by atoms with Crippen molar-refractivity contribution in [3.05, 3.63) is 89.5 Å². The summed E-state index contributed by atoms with van der Waals surface area (Å²) < 4.78 is 5.43. The van der Waals surface area contributed by atoms with Gasteiger partial charge in [-0.2, -0.15) is 0 Å². The van der Waals surface area contributed by atoms with Gasteiger partial charge >= 0.3 is 5.97 Å². The van der Waals surface area contributed by atoms with Crippen LogP contribution in [0.4, 0.5) is 17.1 Å². The predicted molar refractivity (Wildman–Crippen MR) is 125 cm³/mol. The second kappa shape index (κ2) is 10.1. The molecule has 0 saturated carbocycles. The van der Waals surface area contributed by atoms with E-state index >= 15 is 0 Å². The number of nitrogens with zero attached hydrogens (tertiary/aromatic N) is 1. The first-order chi connectivity index (χ1) is 15.2. The lowest BCUT2D eigenvalue weighted by Gasteiger charge is -2.28. The zero-order valence-corrected chi connectivity index (χ0v) is 17.6. The summed E-state index contributed by atoms with van der Waals surface area (Å²) >= 11 is 0. The maximum atomic E-state index is 11.4. The van der Waals surface area contributed by atoms with E-state index < -0.39 is 5.97 Å². The minimum Gasteiger partial charge on any atom is -0.478 e. The number of nitrogens with one attached hydrogen (secondary N) is 1. The fourth-order valence-corrected chi connectivity index (χ4v) is 3.93. The standard InChI is InChI=1S/C26H28N2O3/c29-26(30)24-9-1-2-10-25(24)27-22-8-4-7-21(19-22)6-3-5-20-11-13-23(14-12-20)28-15-17-31-18-16-28/h1-2,4,7-14,19,27H,3,5-6,15-18H2,(H,29,30). The van der Waals surface area contributed by atoms with Gasteiger partial charge in [-0.3, -0.25) is 0 Å². The largest absolute Gasteiger partial charge is 0.478 e. The van der Waals surface area contributed by atoms with Crippen LogP contribution < -0.4 is 10.2 Å². The van der Waals surface area contributed by atoms with Gasteiger partial charge in [-0.15, -0.1) is 0 Å². The van der Waals surface area contributed by atoms with Gasteiger partial charge in [-0.25, -0.2) is 4.79 Å². The highest BCUT2D eigenvalue weighted by molar-refractivity contribution is 5.95. The van der Waals surface area contributed by atoms with Gasteiger partial charge in [-0.05, 0) is 66.8 Å². The van der Waals surface area contributed by atoms with E-state index in [1.807, 2.05) is 18.2 Å². The molecule has 1 heterocycles. The number of hydrogen-bond donors (Lipinski definition) is 2. The summed E-state index contributed by atoms with van der Waals surface area (Å²) in [5.41, 5.74) is 5.64. The third kappa shape index (κ3) is 5.64. The maximum absolute atomic E-state index is 11.4. The Morgan fingerprint density at radius 1 is 0.903 bits per heavy atom. The van der Waals surface area contributed by atoms with Gasteiger partial charge in [-0.1, -0.05) is 36.4 Å². The van der Waals surface area contributed by atoms with E-state index in [-0.39, 0.29) is 5.56 Å². The van der Waals surface area contributed by atoms with E-state index in [9.17, 15) is 9.90 Å². The Morgan fingerprint density at radius 3 is 2.42 bits per heavy atom. The molecule has 2 N–H and O–H groups in total. The Morgan fingerprint density at radius 2 is 1.65 bits per heavy atom. The minimum atomic E-state index is -0.932. The molecule has 0 amide bonds. The topological polar surface area (TPSA) is 61.8 Å². The monoisotopic (exact) mass is 416 g/mol. The van der Waals surface area contributed by atoms with Crippen LogP contribution in [0.3, 0.4) is 0 Å². The number of morpholine rings is 1. The Bertz CT molecular complexity index is 1010. The summed E-state index contributed by atoms with van der Waals surface area (Å²) in [5.74, 6) is -0.932. The third-order valence-corrected chi connectivity index (χ3v) is 5.61. The number of hydrogen-bond acceptors (Lipinski definition) is 4. The molecule has 160 valence electrons. The van der Waals surface area contributed by atoms with E-state index in [0.29, 0.717) is 5.69 Å². The fourth-order valence-electron chi connectivity index (χ4n) is 3.93. The van der Waals surface area contributed by atoms with Crippen LogP contribution in [0.5, 0.6) is 0 Å². The Balaban J connectivity index is 1.32. The molecule has 1 aliphatic rings. The second-order valence-electron chi connectivity index (χ2n) is 7.80. The number of carboxylic acids is 1. The van der Waals surface area contributed by atoms with Gasteiger partial charge in [0.2, 0.25) is 0 Å². The maximum Gasteiger partial charge on any atom is 0.337 e. The number of carbonyl (C=O) groups is 1. The molecule has 4 rings (SSSR count). The Kier molecular flexibility index (Phi) is 6.85. The summed E-state index contributed by atoms with van der Waals surface area (Å²) in [6, 6.07) is 24.0. The van der Waals surface area contributed by atoms with Crippen LogP contribution in [0, 0.1) is 0 Å². The fraction of sp³-hybridized carbons (Fsp3) is 0.269. The summed E-state index contributed by atoms with van der Waals surface area (Å²) in [6.45, 7) is 3.52. The summed E-state index contributed by atoms with van der Waals surface area (Å²) in [7, 11) is 0. The molecule has 5 nitrogen and oxygen atoms in total. The summed E-state index contributed by atoms with van der Waals surface area (Å²) in [4.78, 5) is 13.8. The molecule has 0 unspecified atom stereocenters. The number of ether oxygens (including phenoxy) is 1. The van der Waals surface area contributed by atoms with Crippen LogP contribution in [-0.4, -0.2) is 37.4 Å². The SMILES string of the molecule is O=C(O)c1ccccc1Nc1cccc(CCCc2ccc(N3CCOCC3)cc2)c1. The van der Waals surface area contributed by atoms with Gasteiger partial charge in [0, 0.05) is 24.5 Å². The average Bonchev–Trinajstić information content (AvgIpc) is 2.81. The normalized spacial score (nSPS) is 13.7. The molecule has 31 heavy (non-hydrogen) atoms. The van der Waals surface area contributed by atoms with Crippen molar-refractivity contribution in [2.75, 3.05) is 36.5 Å². The molecule has 0 bridgehead atoms. The molecular weight excluding hydrogens is 388 g/mol. The molecule has 0 atom stereocenters. The number of aryl methyl sites for hydroxylation is 2. The number of aromatic carboxylic acids is 1. The van der Waals surface area contributed by atoms with Crippen molar-refractivity contribution in [1.82, 2.24) is 0 Å². The lowest BCUT2D eigenvalue weighted by Crippen LogP contribution is -2.36. The van der Waals surface area contributed by atoms with Gasteiger partial charge in [0.25, 0.3) is 0 Å². The number of carboxylic acid groups (broad SMARTS) is 1. The molecule has 3 aromatic carbocycles. The highest BCUT2D eigenvalue weighted by Crippen LogP contribution is 2.23. The minimum absolute atomic E-state index is 0.272. The van der Waals surface area contributed by atoms with Crippen molar-refractivity contribution in [1.29, 1.82) is 0 Å². The predicted octanol–water partition coefficient (Wildman–Crippen LogP) is 5.14. The first kappa shape index (κ1) is 20.9. The number of benzene rings is 3. The number of rotatable bonds is 8. The highest BCUT2D eigenvalue weighted by Gasteiger charge is 2.11. The van der Waals surface area contributed by atoms with Gasteiger partial charge in [0.1, 0.15) is 0 Å². The molecule has 0 spiro atoms. The number of para-hydroxylation sites is 1. The second-order valence-corrected chi connectivity index (χ2v) is 7.80. The van der Waals surface area contributed by atoms with Crippen molar-refractivity contribution in [3.8, 4) is 0 Å². The van der Waals surface area contributed by atoms with E-state index in [1.54, 1.807) is 18.2 Å². The van der Waals surface area contributed by atoms with E-state index in [1.165, 1.54) is 16.8 Å². The molecular formula is C26H28N2O3. The van der Waals surface area contributed by atoms with E-state index in [2.05, 4.69) is 46.6 Å². The van der Waals surface area contributed by atoms with Crippen LogP contribution in [0.15, 0.2) is 72.8 Å². The Hall–Kier alpha value is -3.31. The van der Waals surface area contributed by atoms with Gasteiger partial charge in [0.05, 0.1) is 24.5 Å². The zero-order valence-electron chi connectivity index (χ0n) is 17.6. The summed E-state index contributed by atoms with van der Waals surface area (Å²) in [6.07, 6.45) is 3.07. The van der Waals surface area contributed by atoms with Crippen molar-refractivity contribution < 1.29 is 14.6 Å². The van der Waals surface area contributed by atoms with Crippen LogP contribution in [-0.2, 0) is 17.6 Å². The average molecular weight is 417 g/mol. The van der Waals surface area contributed by atoms with Gasteiger partial charge < -0.3 is 20.1 Å². The lowest BCUT2D eigenvalue weighted by atomic mass is 10.0. The molecule has 5 heteroatoms. The molecule has 3 aromatic rings. The highest BCUT2D eigenvalue weighted by atomic mass is 16.5. The van der Waals surface area contributed by atoms with E-state index in [0.717, 1.165) is 51.3 Å². The lowest BCUT2D eigenvalue weighted by molar-refractivity contribution is 0.0698. The van der Waals surface area contributed by atoms with Crippen molar-refractivity contribution >= 4 is 23.0 Å². The van der Waals surface area contributed by atoms with Crippen LogP contribution in [0.1, 0.15) is 27.9 Å². The summed E-state index contributed by atoms with van der Waals surface area (Å²) in [5, 5.41) is 12.6. The first-order valence-corrected chi connectivity index (χ1v) is 10.8. The van der Waals surface area contributed by atoms with Gasteiger partial charge in [0.15, 0.2) is 0 Å². The first-order valence-electron chi connectivity index (χ1n) is 10.8. The molecule has 1 saturated heterocycles. The van der Waals surface area contributed by atoms with Crippen molar-refractivity contribution in [3.63, 3.8) is 0 Å². The number of anilines is 3. The third-order valence-electron chi connectivity index (χ3n) is 5.61. The molecule has 0 aliphatic carbocycles. The zero-order chi connectivity index (χ0) is 21.5.